The summed E-state index contributed by atoms with van der Waals surface area (Å²) in [6.45, 7) is 1.06. The van der Waals surface area contributed by atoms with Gasteiger partial charge in [0.05, 0.1) is 12.2 Å². The molecule has 0 fully saturated rings. The van der Waals surface area contributed by atoms with Gasteiger partial charge in [0.2, 0.25) is 5.88 Å². The molecule has 1 heterocycles. The predicted octanol–water partition coefficient (Wildman–Crippen LogP) is 0.507. The van der Waals surface area contributed by atoms with E-state index >= 15 is 0 Å². The predicted molar refractivity (Wildman–Crippen MR) is 50.4 cm³/mol. The Morgan fingerprint density at radius 3 is 2.86 bits per heavy atom. The fourth-order valence-electron chi connectivity index (χ4n) is 0.852. The number of carboxylic acid groups (broad SMARTS) is 1. The van der Waals surface area contributed by atoms with Crippen LogP contribution in [0.15, 0.2) is 18.3 Å². The van der Waals surface area contributed by atoms with E-state index in [0.717, 1.165) is 6.42 Å². The summed E-state index contributed by atoms with van der Waals surface area (Å²) in [5, 5.41) is 8.59. The summed E-state index contributed by atoms with van der Waals surface area (Å²) in [4.78, 5) is 14.3. The molecule has 76 valence electrons. The number of ether oxygens (including phenoxy) is 1. The topological polar surface area (TPSA) is 85.4 Å². The maximum absolute atomic E-state index is 10.5. The van der Waals surface area contributed by atoms with E-state index in [0.29, 0.717) is 19.0 Å². The van der Waals surface area contributed by atoms with E-state index in [1.807, 2.05) is 0 Å². The summed E-state index contributed by atoms with van der Waals surface area (Å²) < 4.78 is 5.20. The van der Waals surface area contributed by atoms with Gasteiger partial charge in [-0.15, -0.1) is 0 Å². The van der Waals surface area contributed by atoms with E-state index < -0.39 is 5.97 Å². The monoisotopic (exact) mass is 196 g/mol. The highest BCUT2D eigenvalue weighted by Crippen LogP contribution is 2.07. The second-order valence-electron chi connectivity index (χ2n) is 2.68. The SMILES string of the molecule is NCCCOc1ccc(C(=O)O)cn1. The lowest BCUT2D eigenvalue weighted by Crippen LogP contribution is -2.07. The van der Waals surface area contributed by atoms with Crippen molar-refractivity contribution in [2.24, 2.45) is 5.73 Å². The highest BCUT2D eigenvalue weighted by molar-refractivity contribution is 5.87. The first-order valence-corrected chi connectivity index (χ1v) is 4.26. The Balaban J connectivity index is 2.51. The molecule has 0 aliphatic carbocycles. The Morgan fingerprint density at radius 1 is 1.57 bits per heavy atom. The van der Waals surface area contributed by atoms with Crippen molar-refractivity contribution in [2.45, 2.75) is 6.42 Å². The summed E-state index contributed by atoms with van der Waals surface area (Å²) in [5.74, 6) is -0.575. The zero-order valence-corrected chi connectivity index (χ0v) is 7.64. The molecule has 0 saturated carbocycles. The molecule has 3 N–H and O–H groups in total. The summed E-state index contributed by atoms with van der Waals surface area (Å²) in [6, 6.07) is 2.98. The van der Waals surface area contributed by atoms with Crippen molar-refractivity contribution < 1.29 is 14.6 Å². The molecule has 1 rings (SSSR count). The van der Waals surface area contributed by atoms with Crippen molar-refractivity contribution in [1.82, 2.24) is 4.98 Å². The number of aromatic carboxylic acids is 1. The van der Waals surface area contributed by atoms with Crippen molar-refractivity contribution >= 4 is 5.97 Å². The standard InChI is InChI=1S/C9H12N2O3/c10-4-1-5-14-8-3-2-7(6-11-8)9(12)13/h2-3,6H,1,4-5,10H2,(H,12,13). The molecular formula is C9H12N2O3. The zero-order chi connectivity index (χ0) is 10.4. The Morgan fingerprint density at radius 2 is 2.36 bits per heavy atom. The molecule has 0 saturated heterocycles. The van der Waals surface area contributed by atoms with Gasteiger partial charge in [-0.3, -0.25) is 0 Å². The average molecular weight is 196 g/mol. The first kappa shape index (κ1) is 10.5. The number of nitrogens with zero attached hydrogens (tertiary/aromatic N) is 1. The number of hydrogen-bond acceptors (Lipinski definition) is 4. The Labute approximate surface area is 81.5 Å². The van der Waals surface area contributed by atoms with Crippen LogP contribution in [0.3, 0.4) is 0 Å². The van der Waals surface area contributed by atoms with Gasteiger partial charge < -0.3 is 15.6 Å². The van der Waals surface area contributed by atoms with Gasteiger partial charge in [-0.25, -0.2) is 9.78 Å². The molecule has 14 heavy (non-hydrogen) atoms. The van der Waals surface area contributed by atoms with Crippen molar-refractivity contribution in [3.63, 3.8) is 0 Å². The fraction of sp³-hybridized carbons (Fsp3) is 0.333. The summed E-state index contributed by atoms with van der Waals surface area (Å²) >= 11 is 0. The third-order valence-electron chi connectivity index (χ3n) is 1.58. The minimum absolute atomic E-state index is 0.149. The van der Waals surface area contributed by atoms with Gasteiger partial charge in [0.15, 0.2) is 0 Å². The lowest BCUT2D eigenvalue weighted by molar-refractivity contribution is 0.0696. The van der Waals surface area contributed by atoms with Crippen LogP contribution >= 0.6 is 0 Å². The van der Waals surface area contributed by atoms with Crippen LogP contribution in [0.1, 0.15) is 16.8 Å². The van der Waals surface area contributed by atoms with Crippen molar-refractivity contribution in [2.75, 3.05) is 13.2 Å². The van der Waals surface area contributed by atoms with Crippen LogP contribution in [0.25, 0.3) is 0 Å². The van der Waals surface area contributed by atoms with Crippen LogP contribution in [0.2, 0.25) is 0 Å². The van der Waals surface area contributed by atoms with E-state index in [4.69, 9.17) is 15.6 Å². The molecule has 0 amide bonds. The molecule has 0 bridgehead atoms. The van der Waals surface area contributed by atoms with E-state index in [9.17, 15) is 4.79 Å². The van der Waals surface area contributed by atoms with E-state index in [1.54, 1.807) is 0 Å². The smallest absolute Gasteiger partial charge is 0.337 e. The van der Waals surface area contributed by atoms with Crippen LogP contribution in [0, 0.1) is 0 Å². The number of nitrogens with two attached hydrogens (primary N) is 1. The van der Waals surface area contributed by atoms with E-state index in [2.05, 4.69) is 4.98 Å². The Bertz CT molecular complexity index is 297. The van der Waals surface area contributed by atoms with E-state index in [-0.39, 0.29) is 5.56 Å². The molecule has 0 aliphatic heterocycles. The molecule has 5 heteroatoms. The molecule has 0 unspecified atom stereocenters. The van der Waals surface area contributed by atoms with Crippen LogP contribution in [0.4, 0.5) is 0 Å². The Hall–Kier alpha value is -1.62. The molecule has 0 atom stereocenters. The molecule has 1 aromatic rings. The quantitative estimate of drug-likeness (QED) is 0.670. The first-order valence-electron chi connectivity index (χ1n) is 4.26. The third-order valence-corrected chi connectivity index (χ3v) is 1.58. The number of hydrogen-bond donors (Lipinski definition) is 2. The first-order chi connectivity index (χ1) is 6.74. The lowest BCUT2D eigenvalue weighted by Gasteiger charge is -2.03. The van der Waals surface area contributed by atoms with Gasteiger partial charge in [0.1, 0.15) is 0 Å². The highest BCUT2D eigenvalue weighted by atomic mass is 16.5. The number of carbonyl (C=O) groups is 1. The molecular weight excluding hydrogens is 184 g/mol. The van der Waals surface area contributed by atoms with Gasteiger partial charge in [-0.1, -0.05) is 0 Å². The molecule has 0 aromatic carbocycles. The number of aromatic nitrogens is 1. The van der Waals surface area contributed by atoms with Crippen LogP contribution in [0.5, 0.6) is 5.88 Å². The summed E-state index contributed by atoms with van der Waals surface area (Å²) in [6.07, 6.45) is 2.02. The van der Waals surface area contributed by atoms with Crippen LogP contribution in [-0.4, -0.2) is 29.2 Å². The van der Waals surface area contributed by atoms with E-state index in [1.165, 1.54) is 18.3 Å². The van der Waals surface area contributed by atoms with Gasteiger partial charge in [-0.05, 0) is 19.0 Å². The largest absolute Gasteiger partial charge is 0.478 e. The van der Waals surface area contributed by atoms with Crippen molar-refractivity contribution in [3.8, 4) is 5.88 Å². The van der Waals surface area contributed by atoms with Crippen molar-refractivity contribution in [3.05, 3.63) is 23.9 Å². The summed E-state index contributed by atoms with van der Waals surface area (Å²) in [5.41, 5.74) is 5.43. The Kier molecular flexibility index (Phi) is 3.87. The normalized spacial score (nSPS) is 9.79. The molecule has 0 aliphatic rings. The van der Waals surface area contributed by atoms with Crippen LogP contribution < -0.4 is 10.5 Å². The van der Waals surface area contributed by atoms with Gasteiger partial charge in [0, 0.05) is 12.3 Å². The molecule has 5 nitrogen and oxygen atoms in total. The van der Waals surface area contributed by atoms with Gasteiger partial charge in [-0.2, -0.15) is 0 Å². The minimum atomic E-state index is -0.994. The van der Waals surface area contributed by atoms with Crippen LogP contribution in [-0.2, 0) is 0 Å². The maximum Gasteiger partial charge on any atom is 0.337 e. The average Bonchev–Trinajstić information content (AvgIpc) is 2.19. The molecule has 0 radical (unpaired) electrons. The van der Waals surface area contributed by atoms with Gasteiger partial charge >= 0.3 is 5.97 Å². The fourth-order valence-corrected chi connectivity index (χ4v) is 0.852. The second-order valence-corrected chi connectivity index (χ2v) is 2.68. The number of carboxylic acids is 1. The molecule has 0 spiro atoms. The van der Waals surface area contributed by atoms with Gasteiger partial charge in [0.25, 0.3) is 0 Å². The lowest BCUT2D eigenvalue weighted by atomic mass is 10.3. The zero-order valence-electron chi connectivity index (χ0n) is 7.64. The number of pyridine rings is 1. The maximum atomic E-state index is 10.5. The van der Waals surface area contributed by atoms with Crippen molar-refractivity contribution in [1.29, 1.82) is 0 Å². The third kappa shape index (κ3) is 3.02. The highest BCUT2D eigenvalue weighted by Gasteiger charge is 2.02. The summed E-state index contributed by atoms with van der Waals surface area (Å²) in [7, 11) is 0. The number of rotatable bonds is 5. The molecule has 1 aromatic heterocycles. The second kappa shape index (κ2) is 5.18. The minimum Gasteiger partial charge on any atom is -0.478 e.